The summed E-state index contributed by atoms with van der Waals surface area (Å²) in [5.74, 6) is 1.04. The minimum atomic E-state index is 0.0868. The zero-order valence-corrected chi connectivity index (χ0v) is 18.8. The van der Waals surface area contributed by atoms with Crippen LogP contribution in [0.25, 0.3) is 10.2 Å². The van der Waals surface area contributed by atoms with Gasteiger partial charge in [0.2, 0.25) is 0 Å². The maximum absolute atomic E-state index is 13.0. The molecule has 1 fully saturated rings. The van der Waals surface area contributed by atoms with E-state index in [-0.39, 0.29) is 5.91 Å². The molecular formula is C23H29N5OS. The molecule has 1 aliphatic heterocycles. The number of hydrogen-bond donors (Lipinski definition) is 0. The Bertz CT molecular complexity index is 1010. The minimum absolute atomic E-state index is 0.0868. The molecule has 0 unspecified atom stereocenters. The number of piperazine rings is 1. The average Bonchev–Trinajstić information content (AvgIpc) is 3.14. The summed E-state index contributed by atoms with van der Waals surface area (Å²) in [4.78, 5) is 30.4. The summed E-state index contributed by atoms with van der Waals surface area (Å²) in [5, 5.41) is 1.03. The third kappa shape index (κ3) is 3.99. The van der Waals surface area contributed by atoms with Crippen molar-refractivity contribution in [2.45, 2.75) is 26.7 Å². The van der Waals surface area contributed by atoms with Gasteiger partial charge in [-0.2, -0.15) is 0 Å². The topological polar surface area (TPSA) is 52.6 Å². The highest BCUT2D eigenvalue weighted by molar-refractivity contribution is 7.20. The number of unbranched alkanes of at least 4 members (excludes halogenated alkanes) is 1. The van der Waals surface area contributed by atoms with Crippen LogP contribution in [0, 0.1) is 6.92 Å². The van der Waals surface area contributed by atoms with E-state index in [1.807, 2.05) is 18.9 Å². The lowest BCUT2D eigenvalue weighted by Crippen LogP contribution is -2.46. The number of carbonyl (C=O) groups is 1. The summed E-state index contributed by atoms with van der Waals surface area (Å²) in [6.07, 6.45) is 3.72. The molecule has 4 rings (SSSR count). The molecule has 158 valence electrons. The third-order valence-corrected chi connectivity index (χ3v) is 6.98. The Morgan fingerprint density at radius 1 is 1.10 bits per heavy atom. The van der Waals surface area contributed by atoms with Crippen molar-refractivity contribution in [2.24, 2.45) is 0 Å². The van der Waals surface area contributed by atoms with Gasteiger partial charge in [0.15, 0.2) is 0 Å². The number of amides is 1. The molecule has 30 heavy (non-hydrogen) atoms. The molecule has 3 heterocycles. The van der Waals surface area contributed by atoms with Crippen LogP contribution in [-0.4, -0.2) is 60.5 Å². The second kappa shape index (κ2) is 9.00. The number of fused-ring (bicyclic) bond motifs is 1. The number of thiophene rings is 1. The van der Waals surface area contributed by atoms with Crippen molar-refractivity contribution in [2.75, 3.05) is 49.6 Å². The Morgan fingerprint density at radius 2 is 1.80 bits per heavy atom. The minimum Gasteiger partial charge on any atom is -0.368 e. The Kier molecular flexibility index (Phi) is 6.18. The van der Waals surface area contributed by atoms with Crippen LogP contribution in [0.4, 0.5) is 11.5 Å². The van der Waals surface area contributed by atoms with Crippen LogP contribution in [0.5, 0.6) is 0 Å². The van der Waals surface area contributed by atoms with Crippen LogP contribution in [-0.2, 0) is 0 Å². The first-order valence-corrected chi connectivity index (χ1v) is 11.5. The van der Waals surface area contributed by atoms with Crippen LogP contribution in [0.2, 0.25) is 0 Å². The van der Waals surface area contributed by atoms with E-state index in [0.717, 1.165) is 72.0 Å². The van der Waals surface area contributed by atoms with Crippen LogP contribution < -0.4 is 9.80 Å². The Balaban J connectivity index is 1.57. The predicted octanol–water partition coefficient (Wildman–Crippen LogP) is 4.20. The van der Waals surface area contributed by atoms with Gasteiger partial charge in [-0.3, -0.25) is 4.79 Å². The van der Waals surface area contributed by atoms with Crippen LogP contribution >= 0.6 is 11.3 Å². The fourth-order valence-corrected chi connectivity index (χ4v) is 5.12. The number of anilines is 2. The van der Waals surface area contributed by atoms with Crippen molar-refractivity contribution in [1.29, 1.82) is 0 Å². The van der Waals surface area contributed by atoms with Gasteiger partial charge in [-0.05, 0) is 31.0 Å². The quantitative estimate of drug-likeness (QED) is 0.595. The molecule has 7 heteroatoms. The number of hydrogen-bond acceptors (Lipinski definition) is 6. The summed E-state index contributed by atoms with van der Waals surface area (Å²) in [6.45, 7) is 8.65. The zero-order chi connectivity index (χ0) is 21.1. The highest BCUT2D eigenvalue weighted by Gasteiger charge is 2.25. The van der Waals surface area contributed by atoms with E-state index < -0.39 is 0 Å². The molecule has 1 aliphatic rings. The number of para-hydroxylation sites is 1. The van der Waals surface area contributed by atoms with Crippen molar-refractivity contribution in [3.63, 3.8) is 0 Å². The van der Waals surface area contributed by atoms with E-state index in [9.17, 15) is 4.79 Å². The van der Waals surface area contributed by atoms with Crippen LogP contribution in [0.1, 0.15) is 35.0 Å². The van der Waals surface area contributed by atoms with Gasteiger partial charge < -0.3 is 14.7 Å². The first-order valence-electron chi connectivity index (χ1n) is 10.6. The van der Waals surface area contributed by atoms with Crippen LogP contribution in [0.15, 0.2) is 36.7 Å². The van der Waals surface area contributed by atoms with E-state index in [2.05, 4.69) is 57.0 Å². The maximum Gasteiger partial charge on any atom is 0.264 e. The van der Waals surface area contributed by atoms with Gasteiger partial charge in [-0.25, -0.2) is 9.97 Å². The molecule has 0 bridgehead atoms. The van der Waals surface area contributed by atoms with E-state index >= 15 is 0 Å². The largest absolute Gasteiger partial charge is 0.368 e. The zero-order valence-electron chi connectivity index (χ0n) is 18.0. The second-order valence-electron chi connectivity index (χ2n) is 7.82. The molecule has 2 aromatic heterocycles. The number of rotatable bonds is 6. The highest BCUT2D eigenvalue weighted by Crippen LogP contribution is 2.36. The highest BCUT2D eigenvalue weighted by atomic mass is 32.1. The number of aryl methyl sites for hydroxylation is 1. The summed E-state index contributed by atoms with van der Waals surface area (Å²) in [5.41, 5.74) is 2.27. The number of aromatic nitrogens is 2. The van der Waals surface area contributed by atoms with Gasteiger partial charge in [0, 0.05) is 45.5 Å². The smallest absolute Gasteiger partial charge is 0.264 e. The first-order chi connectivity index (χ1) is 14.6. The van der Waals surface area contributed by atoms with Gasteiger partial charge >= 0.3 is 0 Å². The molecule has 0 atom stereocenters. The summed E-state index contributed by atoms with van der Waals surface area (Å²) in [7, 11) is 1.89. The Labute approximate surface area is 182 Å². The predicted molar refractivity (Wildman–Crippen MR) is 125 cm³/mol. The molecular weight excluding hydrogens is 394 g/mol. The van der Waals surface area contributed by atoms with Gasteiger partial charge in [0.1, 0.15) is 17.0 Å². The van der Waals surface area contributed by atoms with E-state index in [1.54, 1.807) is 6.33 Å². The fourth-order valence-electron chi connectivity index (χ4n) is 3.98. The van der Waals surface area contributed by atoms with Crippen molar-refractivity contribution < 1.29 is 4.79 Å². The van der Waals surface area contributed by atoms with E-state index in [4.69, 9.17) is 0 Å². The summed E-state index contributed by atoms with van der Waals surface area (Å²) >= 11 is 1.49. The molecule has 0 radical (unpaired) electrons. The van der Waals surface area contributed by atoms with Gasteiger partial charge in [-0.15, -0.1) is 11.3 Å². The van der Waals surface area contributed by atoms with E-state index in [0.29, 0.717) is 0 Å². The first kappa shape index (κ1) is 20.6. The Morgan fingerprint density at radius 3 is 2.50 bits per heavy atom. The lowest BCUT2D eigenvalue weighted by Gasteiger charge is -2.37. The lowest BCUT2D eigenvalue weighted by molar-refractivity contribution is 0.0797. The van der Waals surface area contributed by atoms with Crippen LogP contribution in [0.3, 0.4) is 0 Å². The fraction of sp³-hybridized carbons (Fsp3) is 0.435. The Hall–Kier alpha value is -2.67. The molecule has 0 spiro atoms. The molecule has 1 amide bonds. The van der Waals surface area contributed by atoms with Crippen molar-refractivity contribution in [3.05, 3.63) is 47.1 Å². The maximum atomic E-state index is 13.0. The second-order valence-corrected chi connectivity index (χ2v) is 8.82. The lowest BCUT2D eigenvalue weighted by atomic mass is 10.1. The number of benzene rings is 1. The normalized spacial score (nSPS) is 14.4. The number of carbonyl (C=O) groups excluding carboxylic acids is 1. The molecule has 0 N–H and O–H groups in total. The van der Waals surface area contributed by atoms with Crippen molar-refractivity contribution in [3.8, 4) is 0 Å². The summed E-state index contributed by atoms with van der Waals surface area (Å²) in [6, 6.07) is 10.5. The molecule has 1 aromatic carbocycles. The van der Waals surface area contributed by atoms with E-state index in [1.165, 1.54) is 17.0 Å². The molecule has 1 saturated heterocycles. The SMILES string of the molecule is CCCCN(C)C(=O)c1sc2ncnc(N3CCN(c4ccccc4)CC3)c2c1C. The molecule has 0 aliphatic carbocycles. The average molecular weight is 424 g/mol. The van der Waals surface area contributed by atoms with Gasteiger partial charge in [-0.1, -0.05) is 31.5 Å². The van der Waals surface area contributed by atoms with Crippen molar-refractivity contribution in [1.82, 2.24) is 14.9 Å². The summed E-state index contributed by atoms with van der Waals surface area (Å²) < 4.78 is 0. The number of nitrogens with zero attached hydrogens (tertiary/aromatic N) is 5. The molecule has 0 saturated carbocycles. The third-order valence-electron chi connectivity index (χ3n) is 5.80. The molecule has 3 aromatic rings. The van der Waals surface area contributed by atoms with Gasteiger partial charge in [0.25, 0.3) is 5.91 Å². The monoisotopic (exact) mass is 423 g/mol. The van der Waals surface area contributed by atoms with Gasteiger partial charge in [0.05, 0.1) is 10.3 Å². The molecule has 6 nitrogen and oxygen atoms in total. The standard InChI is InChI=1S/C23H29N5OS/c1-4-5-11-26(3)23(29)20-17(2)19-21(24-16-25-22(19)30-20)28-14-12-27(13-15-28)18-9-7-6-8-10-18/h6-10,16H,4-5,11-15H2,1-3H3. The van der Waals surface area contributed by atoms with Crippen molar-refractivity contribution >= 4 is 39.0 Å².